The number of nitrogens with zero attached hydrogens (tertiary/aromatic N) is 1. The molecule has 0 saturated heterocycles. The van der Waals surface area contributed by atoms with Gasteiger partial charge in [0.05, 0.1) is 5.69 Å². The zero-order chi connectivity index (χ0) is 12.4. The van der Waals surface area contributed by atoms with Crippen LogP contribution in [0.5, 0.6) is 0 Å². The van der Waals surface area contributed by atoms with Gasteiger partial charge in [-0.05, 0) is 17.5 Å². The molecule has 3 nitrogen and oxygen atoms in total. The molecule has 0 aliphatic carbocycles. The van der Waals surface area contributed by atoms with E-state index in [4.69, 9.17) is 5.11 Å². The topological polar surface area (TPSA) is 40.5 Å². The van der Waals surface area contributed by atoms with Gasteiger partial charge >= 0.3 is 5.97 Å². The van der Waals surface area contributed by atoms with Gasteiger partial charge in [0, 0.05) is 17.2 Å². The number of para-hydroxylation sites is 1. The van der Waals surface area contributed by atoms with Crippen molar-refractivity contribution in [2.24, 2.45) is 0 Å². The number of hydrogen-bond acceptors (Lipinski definition) is 3. The van der Waals surface area contributed by atoms with E-state index < -0.39 is 5.97 Å². The molecule has 0 fully saturated rings. The van der Waals surface area contributed by atoms with Crippen LogP contribution in [-0.4, -0.2) is 29.9 Å². The Hall–Kier alpha value is -1.16. The molecule has 0 atom stereocenters. The Morgan fingerprint density at radius 2 is 2.29 bits per heavy atom. The maximum atomic E-state index is 10.9. The average molecular weight is 251 g/mol. The van der Waals surface area contributed by atoms with Crippen LogP contribution in [0.25, 0.3) is 0 Å². The van der Waals surface area contributed by atoms with Gasteiger partial charge in [0.2, 0.25) is 0 Å². The summed E-state index contributed by atoms with van der Waals surface area (Å²) in [5, 5.41) is 8.97. The molecule has 4 heteroatoms. The number of carbonyl (C=O) groups is 1. The molecule has 0 spiro atoms. The number of aliphatic carboxylic acids is 1. The van der Waals surface area contributed by atoms with Crippen LogP contribution in [-0.2, 0) is 4.79 Å². The molecule has 1 heterocycles. The highest BCUT2D eigenvalue weighted by Crippen LogP contribution is 2.39. The fraction of sp³-hybridized carbons (Fsp3) is 0.462. The van der Waals surface area contributed by atoms with Gasteiger partial charge in [0.25, 0.3) is 0 Å². The minimum atomic E-state index is -0.763. The molecule has 0 unspecified atom stereocenters. The Morgan fingerprint density at radius 3 is 2.94 bits per heavy atom. The molecule has 0 bridgehead atoms. The molecular weight excluding hydrogens is 234 g/mol. The van der Waals surface area contributed by atoms with Crippen molar-refractivity contribution in [3.8, 4) is 0 Å². The van der Waals surface area contributed by atoms with Crippen LogP contribution in [0.15, 0.2) is 23.1 Å². The first kappa shape index (κ1) is 12.3. The van der Waals surface area contributed by atoms with Crippen molar-refractivity contribution < 1.29 is 9.90 Å². The van der Waals surface area contributed by atoms with Crippen LogP contribution in [0, 0.1) is 0 Å². The van der Waals surface area contributed by atoms with Crippen LogP contribution >= 0.6 is 11.8 Å². The molecule has 2 rings (SSSR count). The predicted octanol–water partition coefficient (Wildman–Crippen LogP) is 2.81. The summed E-state index contributed by atoms with van der Waals surface area (Å²) in [7, 11) is 0. The quantitative estimate of drug-likeness (QED) is 0.896. The summed E-state index contributed by atoms with van der Waals surface area (Å²) in [6, 6.07) is 6.25. The van der Waals surface area contributed by atoms with Gasteiger partial charge in [-0.1, -0.05) is 26.0 Å². The van der Waals surface area contributed by atoms with Crippen molar-refractivity contribution >= 4 is 23.4 Å². The minimum Gasteiger partial charge on any atom is -0.480 e. The number of anilines is 1. The highest BCUT2D eigenvalue weighted by molar-refractivity contribution is 7.99. The largest absolute Gasteiger partial charge is 0.480 e. The first-order chi connectivity index (χ1) is 8.09. The fourth-order valence-electron chi connectivity index (χ4n) is 2.16. The number of thioether (sulfide) groups is 1. The SMILES string of the molecule is CC(C)c1cccc2c1N(CC(=O)O)CCS2. The van der Waals surface area contributed by atoms with Gasteiger partial charge in [0.1, 0.15) is 6.54 Å². The summed E-state index contributed by atoms with van der Waals surface area (Å²) in [6.07, 6.45) is 0. The molecule has 0 radical (unpaired) electrons. The molecule has 1 N–H and O–H groups in total. The van der Waals surface area contributed by atoms with Crippen molar-refractivity contribution in [2.45, 2.75) is 24.7 Å². The molecule has 0 saturated carbocycles. The van der Waals surface area contributed by atoms with E-state index in [1.54, 1.807) is 0 Å². The third kappa shape index (κ3) is 2.57. The molecule has 0 aromatic heterocycles. The summed E-state index contributed by atoms with van der Waals surface area (Å²) in [5.74, 6) is 0.614. The van der Waals surface area contributed by atoms with E-state index in [-0.39, 0.29) is 6.54 Å². The summed E-state index contributed by atoms with van der Waals surface area (Å²) in [4.78, 5) is 14.1. The van der Waals surface area contributed by atoms with Gasteiger partial charge in [-0.25, -0.2) is 0 Å². The Balaban J connectivity index is 2.43. The summed E-state index contributed by atoms with van der Waals surface area (Å²) < 4.78 is 0. The first-order valence-electron chi connectivity index (χ1n) is 5.82. The molecule has 92 valence electrons. The average Bonchev–Trinajstić information content (AvgIpc) is 2.27. The Morgan fingerprint density at radius 1 is 1.53 bits per heavy atom. The van der Waals surface area contributed by atoms with Crippen molar-refractivity contribution in [3.05, 3.63) is 23.8 Å². The van der Waals surface area contributed by atoms with Crippen LogP contribution in [0.2, 0.25) is 0 Å². The van der Waals surface area contributed by atoms with E-state index in [9.17, 15) is 4.79 Å². The standard InChI is InChI=1S/C13H17NO2S/c1-9(2)10-4-3-5-11-13(10)14(6-7-17-11)8-12(15)16/h3-5,9H,6-8H2,1-2H3,(H,15,16). The van der Waals surface area contributed by atoms with Gasteiger partial charge < -0.3 is 10.0 Å². The van der Waals surface area contributed by atoms with E-state index in [1.807, 2.05) is 16.7 Å². The molecule has 1 aromatic carbocycles. The third-order valence-corrected chi connectivity index (χ3v) is 3.94. The Bertz CT molecular complexity index is 431. The van der Waals surface area contributed by atoms with E-state index >= 15 is 0 Å². The Kier molecular flexibility index (Phi) is 3.62. The normalized spacial score (nSPS) is 14.9. The number of carboxylic acid groups (broad SMARTS) is 1. The smallest absolute Gasteiger partial charge is 0.323 e. The van der Waals surface area contributed by atoms with Gasteiger partial charge in [0.15, 0.2) is 0 Å². The maximum absolute atomic E-state index is 10.9. The second-order valence-corrected chi connectivity index (χ2v) is 5.65. The first-order valence-corrected chi connectivity index (χ1v) is 6.80. The number of fused-ring (bicyclic) bond motifs is 1. The molecule has 1 aromatic rings. The second kappa shape index (κ2) is 5.00. The monoisotopic (exact) mass is 251 g/mol. The summed E-state index contributed by atoms with van der Waals surface area (Å²) in [5.41, 5.74) is 2.37. The molecular formula is C13H17NO2S. The zero-order valence-corrected chi connectivity index (χ0v) is 11.0. The van der Waals surface area contributed by atoms with Crippen LogP contribution in [0.4, 0.5) is 5.69 Å². The van der Waals surface area contributed by atoms with E-state index in [2.05, 4.69) is 32.0 Å². The van der Waals surface area contributed by atoms with Crippen LogP contribution < -0.4 is 4.90 Å². The molecule has 1 aliphatic heterocycles. The highest BCUT2D eigenvalue weighted by atomic mass is 32.2. The lowest BCUT2D eigenvalue weighted by Crippen LogP contribution is -2.35. The van der Waals surface area contributed by atoms with Crippen molar-refractivity contribution in [2.75, 3.05) is 23.7 Å². The molecule has 0 amide bonds. The Labute approximate surface area is 106 Å². The van der Waals surface area contributed by atoms with Crippen molar-refractivity contribution in [1.82, 2.24) is 0 Å². The van der Waals surface area contributed by atoms with E-state index in [0.717, 1.165) is 18.0 Å². The van der Waals surface area contributed by atoms with Gasteiger partial charge in [-0.3, -0.25) is 4.79 Å². The van der Waals surface area contributed by atoms with E-state index in [1.165, 1.54) is 10.5 Å². The molecule has 1 aliphatic rings. The predicted molar refractivity (Wildman–Crippen MR) is 71.1 cm³/mol. The van der Waals surface area contributed by atoms with Gasteiger partial charge in [-0.2, -0.15) is 0 Å². The lowest BCUT2D eigenvalue weighted by molar-refractivity contribution is -0.135. The number of benzene rings is 1. The lowest BCUT2D eigenvalue weighted by atomic mass is 10.00. The number of rotatable bonds is 3. The number of hydrogen-bond donors (Lipinski definition) is 1. The summed E-state index contributed by atoms with van der Waals surface area (Å²) in [6.45, 7) is 5.20. The highest BCUT2D eigenvalue weighted by Gasteiger charge is 2.23. The summed E-state index contributed by atoms with van der Waals surface area (Å²) >= 11 is 1.82. The fourth-order valence-corrected chi connectivity index (χ4v) is 3.25. The number of carboxylic acids is 1. The zero-order valence-electron chi connectivity index (χ0n) is 10.1. The lowest BCUT2D eigenvalue weighted by Gasteiger charge is -2.32. The van der Waals surface area contributed by atoms with Crippen molar-refractivity contribution in [3.63, 3.8) is 0 Å². The van der Waals surface area contributed by atoms with Crippen molar-refractivity contribution in [1.29, 1.82) is 0 Å². The second-order valence-electron chi connectivity index (χ2n) is 4.51. The van der Waals surface area contributed by atoms with Crippen LogP contribution in [0.3, 0.4) is 0 Å². The third-order valence-electron chi connectivity index (χ3n) is 2.91. The minimum absolute atomic E-state index is 0.0945. The molecule has 17 heavy (non-hydrogen) atoms. The maximum Gasteiger partial charge on any atom is 0.323 e. The van der Waals surface area contributed by atoms with Crippen LogP contribution in [0.1, 0.15) is 25.3 Å². The van der Waals surface area contributed by atoms with E-state index in [0.29, 0.717) is 5.92 Å². The van der Waals surface area contributed by atoms with Gasteiger partial charge in [-0.15, -0.1) is 11.8 Å².